The molecule has 0 bridgehead atoms. The zero-order valence-corrected chi connectivity index (χ0v) is 17.0. The lowest BCUT2D eigenvalue weighted by Gasteiger charge is -2.27. The summed E-state index contributed by atoms with van der Waals surface area (Å²) >= 11 is 0. The van der Waals surface area contributed by atoms with Crippen LogP contribution in [0.3, 0.4) is 0 Å². The first-order chi connectivity index (χ1) is 15.0. The number of benzene rings is 2. The lowest BCUT2D eigenvalue weighted by atomic mass is 9.82. The molecule has 2 heterocycles. The summed E-state index contributed by atoms with van der Waals surface area (Å²) in [6, 6.07) is 19.0. The van der Waals surface area contributed by atoms with Crippen molar-refractivity contribution < 1.29 is 18.9 Å². The molecule has 2 aromatic carbocycles. The Labute approximate surface area is 178 Å². The molecule has 7 nitrogen and oxygen atoms in total. The maximum atomic E-state index is 13.5. The fraction of sp³-hybridized carbons (Fsp3) is 0.125. The Balaban J connectivity index is 1.89. The monoisotopic (exact) mass is 416 g/mol. The van der Waals surface area contributed by atoms with Crippen LogP contribution in [0.2, 0.25) is 0 Å². The molecule has 156 valence electrons. The minimum atomic E-state index is -0.962. The second kappa shape index (κ2) is 8.31. The van der Waals surface area contributed by atoms with Crippen molar-refractivity contribution in [3.63, 3.8) is 0 Å². The molecule has 31 heavy (non-hydrogen) atoms. The van der Waals surface area contributed by atoms with Crippen LogP contribution in [0.5, 0.6) is 5.75 Å². The van der Waals surface area contributed by atoms with Gasteiger partial charge < -0.3 is 14.5 Å². The molecular formula is C24H20N2O5. The van der Waals surface area contributed by atoms with Crippen LogP contribution in [0, 0.1) is 10.1 Å². The number of ketones is 1. The molecule has 0 amide bonds. The summed E-state index contributed by atoms with van der Waals surface area (Å²) in [6.07, 6.45) is 1.45. The summed E-state index contributed by atoms with van der Waals surface area (Å²) in [5, 5.41) is 15.4. The molecule has 0 aliphatic carbocycles. The largest absolute Gasteiger partial charge is 0.497 e. The Kier molecular flexibility index (Phi) is 5.41. The number of hydrogen-bond donors (Lipinski definition) is 1. The van der Waals surface area contributed by atoms with Gasteiger partial charge in [-0.3, -0.25) is 14.9 Å². The first-order valence-electron chi connectivity index (χ1n) is 9.65. The van der Waals surface area contributed by atoms with Crippen molar-refractivity contribution in [2.45, 2.75) is 12.8 Å². The van der Waals surface area contributed by atoms with Gasteiger partial charge in [-0.25, -0.2) is 0 Å². The van der Waals surface area contributed by atoms with Crippen molar-refractivity contribution in [3.8, 4) is 5.75 Å². The van der Waals surface area contributed by atoms with Crippen LogP contribution in [0.4, 0.5) is 0 Å². The van der Waals surface area contributed by atoms with Crippen LogP contribution in [-0.2, 0) is 0 Å². The quantitative estimate of drug-likeness (QED) is 0.353. The number of nitro groups is 1. The third kappa shape index (κ3) is 3.73. The second-order valence-electron chi connectivity index (χ2n) is 7.05. The molecule has 0 spiro atoms. The molecule has 0 saturated heterocycles. The highest BCUT2D eigenvalue weighted by Gasteiger charge is 2.43. The van der Waals surface area contributed by atoms with E-state index < -0.39 is 10.8 Å². The normalized spacial score (nSPS) is 16.1. The van der Waals surface area contributed by atoms with E-state index >= 15 is 0 Å². The molecule has 1 aliphatic rings. The fourth-order valence-electron chi connectivity index (χ4n) is 3.77. The Morgan fingerprint density at radius 1 is 1.06 bits per heavy atom. The van der Waals surface area contributed by atoms with Crippen molar-refractivity contribution in [2.24, 2.45) is 0 Å². The van der Waals surface area contributed by atoms with Gasteiger partial charge in [0.05, 0.1) is 18.3 Å². The summed E-state index contributed by atoms with van der Waals surface area (Å²) in [5.74, 6) is -0.335. The number of carbonyl (C=O) groups excluding carboxylic acids is 1. The third-order valence-electron chi connectivity index (χ3n) is 5.22. The lowest BCUT2D eigenvalue weighted by molar-refractivity contribution is -0.428. The molecule has 4 rings (SSSR count). The molecule has 3 aromatic rings. The van der Waals surface area contributed by atoms with Gasteiger partial charge in [0, 0.05) is 22.4 Å². The van der Waals surface area contributed by atoms with Gasteiger partial charge in [0.25, 0.3) is 5.70 Å². The van der Waals surface area contributed by atoms with Gasteiger partial charge in [0.1, 0.15) is 23.1 Å². The van der Waals surface area contributed by atoms with Crippen molar-refractivity contribution in [1.82, 2.24) is 5.32 Å². The number of furan rings is 1. The van der Waals surface area contributed by atoms with E-state index in [2.05, 4.69) is 5.32 Å². The van der Waals surface area contributed by atoms with Crippen molar-refractivity contribution in [3.05, 3.63) is 117 Å². The number of nitrogens with zero attached hydrogens (tertiary/aromatic N) is 1. The van der Waals surface area contributed by atoms with E-state index in [-0.39, 0.29) is 17.1 Å². The van der Waals surface area contributed by atoms with Crippen LogP contribution >= 0.6 is 0 Å². The van der Waals surface area contributed by atoms with Crippen molar-refractivity contribution in [1.29, 1.82) is 0 Å². The number of methoxy groups -OCH3 is 1. The van der Waals surface area contributed by atoms with E-state index in [1.54, 1.807) is 74.7 Å². The minimum absolute atomic E-state index is 0.136. The van der Waals surface area contributed by atoms with Crippen LogP contribution < -0.4 is 10.1 Å². The third-order valence-corrected chi connectivity index (χ3v) is 5.22. The van der Waals surface area contributed by atoms with E-state index in [1.807, 2.05) is 6.07 Å². The molecular weight excluding hydrogens is 396 g/mol. The Bertz CT molecular complexity index is 1180. The molecule has 1 atom stereocenters. The molecule has 0 saturated carbocycles. The molecule has 0 radical (unpaired) electrons. The van der Waals surface area contributed by atoms with Gasteiger partial charge in [-0.15, -0.1) is 0 Å². The highest BCUT2D eigenvalue weighted by Crippen LogP contribution is 2.42. The highest BCUT2D eigenvalue weighted by atomic mass is 16.6. The Morgan fingerprint density at radius 3 is 2.35 bits per heavy atom. The number of allylic oxidation sites excluding steroid dienone is 2. The van der Waals surface area contributed by atoms with E-state index in [0.29, 0.717) is 34.0 Å². The van der Waals surface area contributed by atoms with Gasteiger partial charge in [0.2, 0.25) is 0 Å². The zero-order valence-electron chi connectivity index (χ0n) is 17.0. The minimum Gasteiger partial charge on any atom is -0.497 e. The number of ether oxygens (including phenoxy) is 1. The highest BCUT2D eigenvalue weighted by molar-refractivity contribution is 6.11. The maximum absolute atomic E-state index is 13.5. The number of carbonyl (C=O) groups is 1. The van der Waals surface area contributed by atoms with Crippen LogP contribution in [0.15, 0.2) is 94.4 Å². The maximum Gasteiger partial charge on any atom is 0.285 e. The first-order valence-corrected chi connectivity index (χ1v) is 9.65. The van der Waals surface area contributed by atoms with E-state index in [9.17, 15) is 14.9 Å². The van der Waals surface area contributed by atoms with Crippen LogP contribution in [0.1, 0.15) is 34.5 Å². The standard InChI is InChI=1S/C24H20N2O5/c1-15-20(24(27)17-10-12-18(30-2)13-11-17)21(19-9-6-14-31-19)23(26(28)29)22(25-15)16-7-4-3-5-8-16/h3-14,21,25H,1-2H3. The van der Waals surface area contributed by atoms with Crippen molar-refractivity contribution >= 4 is 11.5 Å². The molecule has 1 unspecified atom stereocenters. The van der Waals surface area contributed by atoms with E-state index in [4.69, 9.17) is 9.15 Å². The number of hydrogen-bond acceptors (Lipinski definition) is 6. The summed E-state index contributed by atoms with van der Waals surface area (Å²) in [5.41, 5.74) is 2.07. The SMILES string of the molecule is COc1ccc(C(=O)C2=C(C)NC(c3ccccc3)=C([N+](=O)[O-])C2c2ccco2)cc1. The summed E-state index contributed by atoms with van der Waals surface area (Å²) in [7, 11) is 1.54. The molecule has 0 fully saturated rings. The zero-order chi connectivity index (χ0) is 22.0. The van der Waals surface area contributed by atoms with E-state index in [1.165, 1.54) is 6.26 Å². The Morgan fingerprint density at radius 2 is 1.77 bits per heavy atom. The number of Topliss-reactive ketones (excluding diaryl/α,β-unsaturated/α-hetero) is 1. The number of nitrogens with one attached hydrogen (secondary N) is 1. The average Bonchev–Trinajstić information content (AvgIpc) is 3.33. The molecule has 1 N–H and O–H groups in total. The molecule has 1 aliphatic heterocycles. The van der Waals surface area contributed by atoms with Gasteiger partial charge in [-0.2, -0.15) is 0 Å². The predicted molar refractivity (Wildman–Crippen MR) is 115 cm³/mol. The fourth-order valence-corrected chi connectivity index (χ4v) is 3.77. The molecule has 7 heteroatoms. The topological polar surface area (TPSA) is 94.6 Å². The Hall–Kier alpha value is -4.13. The van der Waals surface area contributed by atoms with Crippen LogP contribution in [-0.4, -0.2) is 17.8 Å². The van der Waals surface area contributed by atoms with Gasteiger partial charge in [0.15, 0.2) is 5.78 Å². The average molecular weight is 416 g/mol. The van der Waals surface area contributed by atoms with Gasteiger partial charge >= 0.3 is 0 Å². The summed E-state index contributed by atoms with van der Waals surface area (Å²) < 4.78 is 10.7. The van der Waals surface area contributed by atoms with Crippen molar-refractivity contribution in [2.75, 3.05) is 7.11 Å². The second-order valence-corrected chi connectivity index (χ2v) is 7.05. The number of rotatable bonds is 6. The van der Waals surface area contributed by atoms with E-state index in [0.717, 1.165) is 0 Å². The lowest BCUT2D eigenvalue weighted by Crippen LogP contribution is -2.31. The summed E-state index contributed by atoms with van der Waals surface area (Å²) in [4.78, 5) is 25.3. The predicted octanol–water partition coefficient (Wildman–Crippen LogP) is 4.78. The van der Waals surface area contributed by atoms with Gasteiger partial charge in [-0.05, 0) is 43.3 Å². The summed E-state index contributed by atoms with van der Waals surface area (Å²) in [6.45, 7) is 1.74. The first kappa shape index (κ1) is 20.2. The van der Waals surface area contributed by atoms with Crippen LogP contribution in [0.25, 0.3) is 5.70 Å². The number of dihydropyridines is 1. The van der Waals surface area contributed by atoms with Gasteiger partial charge in [-0.1, -0.05) is 30.3 Å². The molecule has 1 aromatic heterocycles. The smallest absolute Gasteiger partial charge is 0.285 e.